The van der Waals surface area contributed by atoms with Gasteiger partial charge in [-0.3, -0.25) is 9.88 Å². The van der Waals surface area contributed by atoms with Crippen LogP contribution in [-0.2, 0) is 18.6 Å². The van der Waals surface area contributed by atoms with E-state index >= 15 is 0 Å². The van der Waals surface area contributed by atoms with Crippen LogP contribution in [0.1, 0.15) is 13.3 Å². The van der Waals surface area contributed by atoms with Gasteiger partial charge < -0.3 is 14.0 Å². The second kappa shape index (κ2) is 11.8. The van der Waals surface area contributed by atoms with Crippen molar-refractivity contribution < 1.29 is 23.4 Å². The van der Waals surface area contributed by atoms with Crippen molar-refractivity contribution in [2.45, 2.75) is 24.9 Å². The molecular formula is C12H24Cl2N3O5PS. The summed E-state index contributed by atoms with van der Waals surface area (Å²) in [5.74, 6) is 1.18. The van der Waals surface area contributed by atoms with Crippen molar-refractivity contribution in [1.29, 1.82) is 0 Å². The van der Waals surface area contributed by atoms with Gasteiger partial charge in [0, 0.05) is 30.6 Å². The number of carbonyl (C=O) groups is 1. The van der Waals surface area contributed by atoms with Crippen LogP contribution in [0.2, 0.25) is 0 Å². The molecule has 0 bridgehead atoms. The number of nitrogens with zero attached hydrogens (tertiary/aromatic N) is 1. The van der Waals surface area contributed by atoms with Crippen molar-refractivity contribution in [1.82, 2.24) is 9.99 Å². The van der Waals surface area contributed by atoms with Crippen molar-refractivity contribution in [3.8, 4) is 0 Å². The van der Waals surface area contributed by atoms with Crippen LogP contribution < -0.4 is 10.8 Å². The number of thioether (sulfide) groups is 1. The Morgan fingerprint density at radius 3 is 2.67 bits per heavy atom. The van der Waals surface area contributed by atoms with Gasteiger partial charge in [0.2, 0.25) is 0 Å². The summed E-state index contributed by atoms with van der Waals surface area (Å²) >= 11 is 12.9. The molecule has 142 valence electrons. The lowest BCUT2D eigenvalue weighted by Crippen LogP contribution is -2.35. The van der Waals surface area contributed by atoms with E-state index in [0.717, 1.165) is 0 Å². The molecule has 0 aromatic heterocycles. The van der Waals surface area contributed by atoms with E-state index in [1.807, 2.05) is 0 Å². The second-order valence-corrected chi connectivity index (χ2v) is 8.74. The van der Waals surface area contributed by atoms with Crippen molar-refractivity contribution in [3.63, 3.8) is 0 Å². The van der Waals surface area contributed by atoms with Crippen LogP contribution in [0, 0.1) is 0 Å². The van der Waals surface area contributed by atoms with Gasteiger partial charge in [-0.2, -0.15) is 0 Å². The maximum absolute atomic E-state index is 12.4. The first-order valence-electron chi connectivity index (χ1n) is 7.54. The molecule has 3 N–H and O–H groups in total. The summed E-state index contributed by atoms with van der Waals surface area (Å²) in [4.78, 5) is 11.3. The van der Waals surface area contributed by atoms with Crippen molar-refractivity contribution in [2.75, 3.05) is 43.8 Å². The minimum absolute atomic E-state index is 0.0129. The topological polar surface area (TPSA) is 103 Å². The molecule has 1 rings (SSSR count). The number of nitrogens with one attached hydrogen (secondary N) is 1. The van der Waals surface area contributed by atoms with Gasteiger partial charge in [0.1, 0.15) is 0 Å². The maximum atomic E-state index is 12.4. The third-order valence-corrected chi connectivity index (χ3v) is 6.41. The fraction of sp³-hybridized carbons (Fsp3) is 0.917. The zero-order valence-electron chi connectivity index (χ0n) is 13.5. The van der Waals surface area contributed by atoms with Gasteiger partial charge in [0.05, 0.1) is 18.6 Å². The van der Waals surface area contributed by atoms with E-state index < -0.39 is 20.1 Å². The van der Waals surface area contributed by atoms with Crippen molar-refractivity contribution in [2.24, 2.45) is 5.50 Å². The Labute approximate surface area is 156 Å². The Kier molecular flexibility index (Phi) is 11.0. The van der Waals surface area contributed by atoms with Crippen molar-refractivity contribution in [3.05, 3.63) is 0 Å². The molecular weight excluding hydrogens is 400 g/mol. The Balaban J connectivity index is 2.31. The van der Waals surface area contributed by atoms with Crippen molar-refractivity contribution >= 4 is 48.8 Å². The monoisotopic (exact) mass is 423 g/mol. The Bertz CT molecular complexity index is 431. The average Bonchev–Trinajstić information content (AvgIpc) is 2.94. The third-order valence-electron chi connectivity index (χ3n) is 3.06. The van der Waals surface area contributed by atoms with Crippen LogP contribution in [0.3, 0.4) is 0 Å². The third kappa shape index (κ3) is 8.10. The van der Waals surface area contributed by atoms with E-state index in [0.29, 0.717) is 25.3 Å². The highest BCUT2D eigenvalue weighted by Crippen LogP contribution is 2.42. The molecule has 1 saturated heterocycles. The highest BCUT2D eigenvalue weighted by molar-refractivity contribution is 8.00. The van der Waals surface area contributed by atoms with Gasteiger partial charge in [0.15, 0.2) is 6.23 Å². The molecule has 0 aromatic rings. The first kappa shape index (κ1) is 22.3. The molecule has 1 heterocycles. The Morgan fingerprint density at radius 2 is 2.08 bits per heavy atom. The molecule has 0 radical (unpaired) electrons. The van der Waals surface area contributed by atoms with Gasteiger partial charge >= 0.3 is 13.8 Å². The number of halogens is 2. The van der Waals surface area contributed by atoms with Gasteiger partial charge in [-0.05, 0) is 13.3 Å². The van der Waals surface area contributed by atoms with Gasteiger partial charge in [-0.15, -0.1) is 35.0 Å². The SMILES string of the molecule is CCOC(=O)OC1CSC(CCOP(N)(=O)N(CCCl)CCCl)N1. The predicted molar refractivity (Wildman–Crippen MR) is 96.7 cm³/mol. The van der Waals surface area contributed by atoms with Crippen LogP contribution >= 0.6 is 42.6 Å². The van der Waals surface area contributed by atoms with Crippen LogP contribution in [0.15, 0.2) is 0 Å². The second-order valence-electron chi connectivity index (χ2n) is 4.80. The van der Waals surface area contributed by atoms with Gasteiger partial charge in [-0.1, -0.05) is 0 Å². The summed E-state index contributed by atoms with van der Waals surface area (Å²) < 4.78 is 29.0. The van der Waals surface area contributed by atoms with Crippen LogP contribution in [0.4, 0.5) is 4.79 Å². The van der Waals surface area contributed by atoms with Crippen LogP contribution in [0.5, 0.6) is 0 Å². The number of carbonyl (C=O) groups excluding carboxylic acids is 1. The molecule has 8 nitrogen and oxygen atoms in total. The first-order valence-corrected chi connectivity index (χ1v) is 11.3. The van der Waals surface area contributed by atoms with E-state index in [1.165, 1.54) is 4.67 Å². The summed E-state index contributed by atoms with van der Waals surface area (Å²) in [7, 11) is -3.42. The molecule has 1 aliphatic rings. The van der Waals surface area contributed by atoms with E-state index in [4.69, 9.17) is 42.7 Å². The summed E-state index contributed by atoms with van der Waals surface area (Å²) in [6, 6.07) is 0. The smallest absolute Gasteiger partial charge is 0.435 e. The quantitative estimate of drug-likeness (QED) is 0.294. The zero-order valence-corrected chi connectivity index (χ0v) is 16.7. The molecule has 0 amide bonds. The standard InChI is InChI=1S/C12H24Cl2N3O5PS/c1-2-20-12(18)22-10-9-24-11(16-10)3-8-21-23(15,19)17(6-4-13)7-5-14/h10-11,16H,2-9H2,1H3,(H2,15,19). The minimum atomic E-state index is -3.42. The normalized spacial score (nSPS) is 23.2. The molecule has 0 aliphatic carbocycles. The number of ether oxygens (including phenoxy) is 2. The molecule has 0 aromatic carbocycles. The van der Waals surface area contributed by atoms with Gasteiger partial charge in [0.25, 0.3) is 0 Å². The highest BCUT2D eigenvalue weighted by atomic mass is 35.5. The molecule has 12 heteroatoms. The first-order chi connectivity index (χ1) is 11.4. The lowest BCUT2D eigenvalue weighted by molar-refractivity contribution is 0.0243. The summed E-state index contributed by atoms with van der Waals surface area (Å²) in [6.07, 6.45) is -0.547. The lowest BCUT2D eigenvalue weighted by atomic mass is 10.4. The number of hydrogen-bond donors (Lipinski definition) is 2. The van der Waals surface area contributed by atoms with E-state index in [2.05, 4.69) is 5.32 Å². The summed E-state index contributed by atoms with van der Waals surface area (Å²) in [5.41, 5.74) is 5.77. The molecule has 0 saturated carbocycles. The van der Waals surface area contributed by atoms with Gasteiger partial charge in [-0.25, -0.2) is 15.0 Å². The Hall–Kier alpha value is 0.270. The highest BCUT2D eigenvalue weighted by Gasteiger charge is 2.30. The maximum Gasteiger partial charge on any atom is 0.509 e. The Morgan fingerprint density at radius 1 is 1.42 bits per heavy atom. The number of nitrogens with two attached hydrogens (primary N) is 1. The van der Waals surface area contributed by atoms with E-state index in [9.17, 15) is 9.36 Å². The number of rotatable bonds is 11. The minimum Gasteiger partial charge on any atom is -0.435 e. The average molecular weight is 424 g/mol. The van der Waals surface area contributed by atoms with Crippen LogP contribution in [-0.4, -0.2) is 66.2 Å². The van der Waals surface area contributed by atoms with E-state index in [1.54, 1.807) is 18.7 Å². The molecule has 3 atom stereocenters. The number of hydrogen-bond acceptors (Lipinski definition) is 7. The molecule has 24 heavy (non-hydrogen) atoms. The fourth-order valence-electron chi connectivity index (χ4n) is 1.97. The molecule has 1 aliphatic heterocycles. The zero-order chi connectivity index (χ0) is 18.0. The predicted octanol–water partition coefficient (Wildman–Crippen LogP) is 2.40. The molecule has 0 spiro atoms. The van der Waals surface area contributed by atoms with E-state index in [-0.39, 0.29) is 30.3 Å². The number of alkyl halides is 2. The molecule has 1 fully saturated rings. The summed E-state index contributed by atoms with van der Waals surface area (Å²) in [6.45, 7) is 2.86. The molecule has 3 unspecified atom stereocenters. The lowest BCUT2D eigenvalue weighted by Gasteiger charge is -2.26. The van der Waals surface area contributed by atoms with Crippen LogP contribution in [0.25, 0.3) is 0 Å². The summed E-state index contributed by atoms with van der Waals surface area (Å²) in [5, 5.41) is 3.13. The largest absolute Gasteiger partial charge is 0.509 e. The fourth-order valence-corrected chi connectivity index (χ4v) is 4.98.